The predicted octanol–water partition coefficient (Wildman–Crippen LogP) is 4.18. The highest BCUT2D eigenvalue weighted by atomic mass is 127. The van der Waals surface area contributed by atoms with Crippen LogP contribution in [0.2, 0.25) is 0 Å². The van der Waals surface area contributed by atoms with Gasteiger partial charge in [0.2, 0.25) is 5.95 Å². The Hall–Kier alpha value is -1.57. The fourth-order valence-electron chi connectivity index (χ4n) is 2.72. The predicted molar refractivity (Wildman–Crippen MR) is 88.8 cm³/mol. The summed E-state index contributed by atoms with van der Waals surface area (Å²) >= 11 is 1.95. The summed E-state index contributed by atoms with van der Waals surface area (Å²) in [4.78, 5) is 4.34. The van der Waals surface area contributed by atoms with E-state index in [2.05, 4.69) is 4.98 Å². The van der Waals surface area contributed by atoms with Crippen LogP contribution < -0.4 is 5.73 Å². The van der Waals surface area contributed by atoms with Crippen molar-refractivity contribution in [3.05, 3.63) is 44.7 Å². The molecule has 2 heterocycles. The Morgan fingerprint density at radius 2 is 2.05 bits per heavy atom. The van der Waals surface area contributed by atoms with Gasteiger partial charge in [-0.3, -0.25) is 0 Å². The largest absolute Gasteiger partial charge is 0.466 e. The molecule has 0 spiro atoms. The molecule has 21 heavy (non-hydrogen) atoms. The average molecular weight is 399 g/mol. The number of aryl methyl sites for hydroxylation is 2. The number of anilines is 1. The Kier molecular flexibility index (Phi) is 3.43. The number of nitrogen functional groups attached to an aromatic ring is 1. The minimum atomic E-state index is -0.267. The first kappa shape index (κ1) is 14.4. The molecule has 1 unspecified atom stereocenters. The second-order valence-corrected chi connectivity index (χ2v) is 6.30. The van der Waals surface area contributed by atoms with Gasteiger partial charge in [-0.25, -0.2) is 9.37 Å². The molecule has 0 amide bonds. The molecular formula is C15H15FIN3O. The Balaban J connectivity index is 2.22. The minimum Gasteiger partial charge on any atom is -0.466 e. The molecule has 110 valence electrons. The zero-order valence-corrected chi connectivity index (χ0v) is 14.1. The maximum atomic E-state index is 13.9. The number of imidazole rings is 1. The first-order valence-corrected chi connectivity index (χ1v) is 7.65. The second kappa shape index (κ2) is 5.01. The normalized spacial score (nSPS) is 13.0. The van der Waals surface area contributed by atoms with Gasteiger partial charge in [0, 0.05) is 11.6 Å². The number of nitrogens with two attached hydrogens (primary N) is 1. The number of benzene rings is 1. The van der Waals surface area contributed by atoms with Gasteiger partial charge in [-0.15, -0.1) is 0 Å². The highest BCUT2D eigenvalue weighted by Crippen LogP contribution is 2.31. The summed E-state index contributed by atoms with van der Waals surface area (Å²) in [5.41, 5.74) is 8.46. The van der Waals surface area contributed by atoms with Crippen molar-refractivity contribution in [3.63, 3.8) is 0 Å². The number of aromatic nitrogens is 2. The first-order chi connectivity index (χ1) is 9.88. The summed E-state index contributed by atoms with van der Waals surface area (Å²) in [5, 5.41) is 0. The first-order valence-electron chi connectivity index (χ1n) is 6.58. The highest BCUT2D eigenvalue weighted by molar-refractivity contribution is 14.1. The second-order valence-electron chi connectivity index (χ2n) is 5.14. The van der Waals surface area contributed by atoms with E-state index in [1.807, 2.05) is 54.0 Å². The molecule has 0 aliphatic heterocycles. The van der Waals surface area contributed by atoms with Crippen LogP contribution >= 0.6 is 22.6 Å². The summed E-state index contributed by atoms with van der Waals surface area (Å²) < 4.78 is 21.8. The molecule has 1 aromatic carbocycles. The van der Waals surface area contributed by atoms with Crippen LogP contribution in [0.25, 0.3) is 11.0 Å². The van der Waals surface area contributed by atoms with E-state index in [9.17, 15) is 4.39 Å². The van der Waals surface area contributed by atoms with Gasteiger partial charge >= 0.3 is 0 Å². The van der Waals surface area contributed by atoms with Crippen molar-refractivity contribution in [1.82, 2.24) is 9.55 Å². The fourth-order valence-corrected chi connectivity index (χ4v) is 3.17. The standard InChI is InChI=1S/C15H15FIN3O/c1-7-4-10(9(3)21-7)8(2)20-14-5-11(16)12(17)6-13(14)19-15(20)18/h4-6,8H,1-3H3,(H2,18,19). The van der Waals surface area contributed by atoms with Gasteiger partial charge in [0.25, 0.3) is 0 Å². The molecule has 0 aliphatic rings. The number of hydrogen-bond acceptors (Lipinski definition) is 3. The highest BCUT2D eigenvalue weighted by Gasteiger charge is 2.20. The van der Waals surface area contributed by atoms with E-state index in [1.54, 1.807) is 6.07 Å². The van der Waals surface area contributed by atoms with Gasteiger partial charge in [0.15, 0.2) is 0 Å². The van der Waals surface area contributed by atoms with E-state index in [0.29, 0.717) is 20.6 Å². The SMILES string of the molecule is Cc1cc(C(C)n2c(N)nc3cc(I)c(F)cc32)c(C)o1. The lowest BCUT2D eigenvalue weighted by molar-refractivity contribution is 0.495. The third-order valence-electron chi connectivity index (χ3n) is 3.68. The van der Waals surface area contributed by atoms with E-state index in [4.69, 9.17) is 10.2 Å². The molecule has 0 fully saturated rings. The number of nitrogens with zero attached hydrogens (tertiary/aromatic N) is 2. The van der Waals surface area contributed by atoms with E-state index < -0.39 is 0 Å². The van der Waals surface area contributed by atoms with Gasteiger partial charge in [-0.2, -0.15) is 0 Å². The summed E-state index contributed by atoms with van der Waals surface area (Å²) in [6.45, 7) is 5.82. The van der Waals surface area contributed by atoms with Crippen molar-refractivity contribution in [2.45, 2.75) is 26.8 Å². The zero-order chi connectivity index (χ0) is 15.3. The number of halogens is 2. The monoisotopic (exact) mass is 399 g/mol. The zero-order valence-electron chi connectivity index (χ0n) is 11.9. The van der Waals surface area contributed by atoms with Crippen molar-refractivity contribution in [2.75, 3.05) is 5.73 Å². The van der Waals surface area contributed by atoms with E-state index >= 15 is 0 Å². The van der Waals surface area contributed by atoms with E-state index in [0.717, 1.165) is 17.1 Å². The number of rotatable bonds is 2. The molecule has 2 aromatic heterocycles. The molecule has 6 heteroatoms. The Labute approximate surface area is 135 Å². The molecule has 0 radical (unpaired) electrons. The summed E-state index contributed by atoms with van der Waals surface area (Å²) in [6.07, 6.45) is 0. The minimum absolute atomic E-state index is 0.0769. The lowest BCUT2D eigenvalue weighted by Gasteiger charge is -2.15. The van der Waals surface area contributed by atoms with Crippen LogP contribution in [-0.2, 0) is 0 Å². The lowest BCUT2D eigenvalue weighted by atomic mass is 10.1. The molecule has 4 nitrogen and oxygen atoms in total. The van der Waals surface area contributed by atoms with Gasteiger partial charge < -0.3 is 14.7 Å². The third-order valence-corrected chi connectivity index (χ3v) is 4.50. The average Bonchev–Trinajstić information content (AvgIpc) is 2.89. The van der Waals surface area contributed by atoms with Crippen molar-refractivity contribution in [2.24, 2.45) is 0 Å². The maximum Gasteiger partial charge on any atom is 0.201 e. The van der Waals surface area contributed by atoms with Crippen molar-refractivity contribution >= 4 is 39.6 Å². The fraction of sp³-hybridized carbons (Fsp3) is 0.267. The van der Waals surface area contributed by atoms with Crippen molar-refractivity contribution in [1.29, 1.82) is 0 Å². The maximum absolute atomic E-state index is 13.9. The molecule has 3 aromatic rings. The van der Waals surface area contributed by atoms with Crippen LogP contribution in [0.4, 0.5) is 10.3 Å². The molecule has 2 N–H and O–H groups in total. The topological polar surface area (TPSA) is 57.0 Å². The number of fused-ring (bicyclic) bond motifs is 1. The molecule has 3 rings (SSSR count). The van der Waals surface area contributed by atoms with Crippen molar-refractivity contribution < 1.29 is 8.81 Å². The van der Waals surface area contributed by atoms with Crippen LogP contribution in [0, 0.1) is 23.2 Å². The molecule has 0 saturated heterocycles. The summed E-state index contributed by atoms with van der Waals surface area (Å²) in [5.74, 6) is 1.79. The number of furan rings is 1. The van der Waals surface area contributed by atoms with Crippen LogP contribution in [0.5, 0.6) is 0 Å². The van der Waals surface area contributed by atoms with Gasteiger partial charge in [0.1, 0.15) is 17.3 Å². The lowest BCUT2D eigenvalue weighted by Crippen LogP contribution is -2.10. The van der Waals surface area contributed by atoms with Crippen LogP contribution in [0.15, 0.2) is 22.6 Å². The van der Waals surface area contributed by atoms with E-state index in [-0.39, 0.29) is 11.9 Å². The third kappa shape index (κ3) is 2.31. The summed E-state index contributed by atoms with van der Waals surface area (Å²) in [7, 11) is 0. The number of hydrogen-bond donors (Lipinski definition) is 1. The van der Waals surface area contributed by atoms with Gasteiger partial charge in [0.05, 0.1) is 20.6 Å². The van der Waals surface area contributed by atoms with Crippen molar-refractivity contribution in [3.8, 4) is 0 Å². The van der Waals surface area contributed by atoms with E-state index in [1.165, 1.54) is 6.07 Å². The van der Waals surface area contributed by atoms with Crippen LogP contribution in [-0.4, -0.2) is 9.55 Å². The Morgan fingerprint density at radius 3 is 2.67 bits per heavy atom. The summed E-state index contributed by atoms with van der Waals surface area (Å²) in [6, 6.07) is 5.10. The molecule has 1 atom stereocenters. The smallest absolute Gasteiger partial charge is 0.201 e. The Morgan fingerprint density at radius 1 is 1.33 bits per heavy atom. The molecular weight excluding hydrogens is 384 g/mol. The quantitative estimate of drug-likeness (QED) is 0.658. The Bertz CT molecular complexity index is 837. The van der Waals surface area contributed by atoms with Gasteiger partial charge in [-0.1, -0.05) is 0 Å². The van der Waals surface area contributed by atoms with Crippen LogP contribution in [0.3, 0.4) is 0 Å². The van der Waals surface area contributed by atoms with Gasteiger partial charge in [-0.05, 0) is 55.5 Å². The molecule has 0 aliphatic carbocycles. The molecule has 0 bridgehead atoms. The molecule has 0 saturated carbocycles. The van der Waals surface area contributed by atoms with Crippen LogP contribution in [0.1, 0.15) is 30.0 Å².